The Labute approximate surface area is 281 Å². The molecule has 1 radical (unpaired) electrons. The number of carbonyl (C=O) groups is 2. The molecule has 0 amide bonds. The zero-order chi connectivity index (χ0) is 34.2. The van der Waals surface area contributed by atoms with Gasteiger partial charge in [-0.2, -0.15) is 6.07 Å². The largest absolute Gasteiger partial charge is 0.392 e. The number of rotatable bonds is 5. The van der Waals surface area contributed by atoms with Crippen molar-refractivity contribution in [3.8, 4) is 11.3 Å². The molecule has 0 bridgehead atoms. The monoisotopic (exact) mass is 819 g/mol. The quantitative estimate of drug-likeness (QED) is 0.125. The summed E-state index contributed by atoms with van der Waals surface area (Å²) in [5.74, 6) is -2.54. The van der Waals surface area contributed by atoms with E-state index in [2.05, 4.69) is 22.1 Å². The molecule has 0 aliphatic rings. The molecule has 2 N–H and O–H groups in total. The third-order valence-electron chi connectivity index (χ3n) is 5.77. The van der Waals surface area contributed by atoms with Gasteiger partial charge < -0.3 is 15.2 Å². The van der Waals surface area contributed by atoms with E-state index in [4.69, 9.17) is 10.2 Å². The summed E-state index contributed by atoms with van der Waals surface area (Å²) < 4.78 is 49.9. The van der Waals surface area contributed by atoms with Crippen molar-refractivity contribution in [2.75, 3.05) is 0 Å². The number of pyridine rings is 2. The van der Waals surface area contributed by atoms with Crippen LogP contribution in [0.1, 0.15) is 59.1 Å². The first-order valence-corrected chi connectivity index (χ1v) is 13.8. The summed E-state index contributed by atoms with van der Waals surface area (Å²) in [5, 5.41) is 17.4. The van der Waals surface area contributed by atoms with Crippen LogP contribution >= 0.6 is 0 Å². The molecule has 2 aromatic carbocycles. The van der Waals surface area contributed by atoms with E-state index in [0.29, 0.717) is 11.3 Å². The molecule has 0 unspecified atom stereocenters. The van der Waals surface area contributed by atoms with Crippen LogP contribution in [0.2, 0.25) is 0 Å². The number of hydrogen-bond donors (Lipinski definition) is 2. The van der Waals surface area contributed by atoms with Gasteiger partial charge in [-0.3, -0.25) is 32.1 Å². The minimum absolute atomic E-state index is 0. The molecule has 6 nitrogen and oxygen atoms in total. The molecule has 11 heteroatoms. The van der Waals surface area contributed by atoms with Crippen molar-refractivity contribution in [3.63, 3.8) is 0 Å². The maximum atomic E-state index is 13.4. The first-order valence-electron chi connectivity index (χ1n) is 13.8. The molecule has 2 heterocycles. The van der Waals surface area contributed by atoms with Crippen LogP contribution in [-0.4, -0.2) is 31.7 Å². The number of ketones is 2. The Morgan fingerprint density at radius 3 is 1.59 bits per heavy atom. The van der Waals surface area contributed by atoms with Crippen LogP contribution in [0.3, 0.4) is 0 Å². The van der Waals surface area contributed by atoms with Crippen LogP contribution < -0.4 is 0 Å². The average molecular weight is 819 g/mol. The van der Waals surface area contributed by atoms with E-state index in [1.807, 2.05) is 41.5 Å². The summed E-state index contributed by atoms with van der Waals surface area (Å²) in [6.07, 6.45) is 4.83. The zero-order valence-corrected chi connectivity index (χ0v) is 28.9. The van der Waals surface area contributed by atoms with Crippen LogP contribution in [0, 0.1) is 46.2 Å². The minimum atomic E-state index is -0.720. The molecule has 0 atom stereocenters. The summed E-state index contributed by atoms with van der Waals surface area (Å²) in [6, 6.07) is 16.2. The predicted molar refractivity (Wildman–Crippen MR) is 163 cm³/mol. The first kappa shape index (κ1) is 42.4. The van der Waals surface area contributed by atoms with Gasteiger partial charge in [0.15, 0.2) is 0 Å². The number of Topliss-reactive ketones (excluding diaryl/α,β-unsaturated/α-hetero) is 2. The molecule has 0 saturated heterocycles. The first-order chi connectivity index (χ1) is 21.0. The maximum absolute atomic E-state index is 13.4. The Bertz CT molecular complexity index is 1470. The Morgan fingerprint density at radius 2 is 1.20 bits per heavy atom. The molecular formula is C35H38F4IrN2O4-2. The van der Waals surface area contributed by atoms with E-state index < -0.39 is 34.1 Å². The van der Waals surface area contributed by atoms with Crippen molar-refractivity contribution in [2.24, 2.45) is 10.8 Å². The number of carbonyl (C=O) groups excluding carboxylic acids is 2. The average Bonchev–Trinajstić information content (AvgIpc) is 2.97. The second kappa shape index (κ2) is 20.5. The second-order valence-corrected chi connectivity index (χ2v) is 11.7. The predicted octanol–water partition coefficient (Wildman–Crippen LogP) is 7.26. The van der Waals surface area contributed by atoms with Crippen LogP contribution in [-0.2, 0) is 42.9 Å². The number of aliphatic hydroxyl groups excluding tert-OH is 2. The van der Waals surface area contributed by atoms with Gasteiger partial charge in [0.05, 0.1) is 19.6 Å². The van der Waals surface area contributed by atoms with Gasteiger partial charge in [-0.15, -0.1) is 30.3 Å². The molecule has 2 aromatic heterocycles. The number of aliphatic hydroxyl groups is 2. The van der Waals surface area contributed by atoms with E-state index in [1.54, 1.807) is 30.6 Å². The third-order valence-corrected chi connectivity index (χ3v) is 5.77. The van der Waals surface area contributed by atoms with Gasteiger partial charge in [0.1, 0.15) is 11.6 Å². The van der Waals surface area contributed by atoms with Crippen molar-refractivity contribution in [2.45, 2.75) is 61.2 Å². The van der Waals surface area contributed by atoms with Crippen molar-refractivity contribution in [1.82, 2.24) is 9.97 Å². The fourth-order valence-corrected chi connectivity index (χ4v) is 2.93. The van der Waals surface area contributed by atoms with Crippen LogP contribution in [0.4, 0.5) is 17.6 Å². The molecule has 0 spiro atoms. The van der Waals surface area contributed by atoms with E-state index >= 15 is 0 Å². The number of hydrogen-bond acceptors (Lipinski definition) is 6. The molecule has 46 heavy (non-hydrogen) atoms. The molecule has 251 valence electrons. The van der Waals surface area contributed by atoms with E-state index in [-0.39, 0.29) is 56.9 Å². The van der Waals surface area contributed by atoms with Gasteiger partial charge >= 0.3 is 0 Å². The number of benzene rings is 2. The van der Waals surface area contributed by atoms with Gasteiger partial charge in [0.2, 0.25) is 0 Å². The maximum Gasteiger partial charge on any atom is 0.145 e. The number of aromatic nitrogens is 2. The Morgan fingerprint density at radius 1 is 0.717 bits per heavy atom. The number of nitrogens with zero attached hydrogens (tertiary/aromatic N) is 2. The topological polar surface area (TPSA) is 100 Å². The van der Waals surface area contributed by atoms with Gasteiger partial charge in [-0.25, -0.2) is 0 Å². The summed E-state index contributed by atoms with van der Waals surface area (Å²) in [6.45, 7) is 11.0. The summed E-state index contributed by atoms with van der Waals surface area (Å²) in [7, 11) is 0. The van der Waals surface area contributed by atoms with Gasteiger partial charge in [-0.1, -0.05) is 59.2 Å². The fraction of sp³-hybridized carbons (Fsp3) is 0.314. The van der Waals surface area contributed by atoms with Crippen LogP contribution in [0.15, 0.2) is 73.2 Å². The van der Waals surface area contributed by atoms with E-state index in [1.165, 1.54) is 12.3 Å². The summed E-state index contributed by atoms with van der Waals surface area (Å²) >= 11 is 0. The third kappa shape index (κ3) is 16.6. The van der Waals surface area contributed by atoms with E-state index in [9.17, 15) is 27.2 Å². The number of halogens is 4. The Kier molecular flexibility index (Phi) is 18.9. The molecule has 0 aliphatic carbocycles. The molecule has 0 saturated carbocycles. The fourth-order valence-electron chi connectivity index (χ4n) is 2.93. The van der Waals surface area contributed by atoms with E-state index in [0.717, 1.165) is 35.9 Å². The van der Waals surface area contributed by atoms with Crippen molar-refractivity contribution >= 4 is 11.6 Å². The Hall–Kier alpha value is -3.63. The van der Waals surface area contributed by atoms with Gasteiger partial charge in [0.25, 0.3) is 0 Å². The Balaban J connectivity index is 0.000000608. The van der Waals surface area contributed by atoms with Crippen molar-refractivity contribution < 1.29 is 57.5 Å². The summed E-state index contributed by atoms with van der Waals surface area (Å²) in [4.78, 5) is 30.7. The standard InChI is InChI=1S/C12H8F2NO.C11H20O2.C6H3F2.C6H7NO.Ir/c13-9-1-2-10(11(14)6-9)12-5-8(7-16)3-4-15-12;1-10(2,3)8(12)7-9(13)11(4,5)6;7-5-2-1-3-6(8)4-5;8-5-6-1-3-7-4-2-6;/h1,3-6,16H,7H2;7H2,1-6H3;2-4H;1-4,8H,5H2;/q-1;;-1;;. The summed E-state index contributed by atoms with van der Waals surface area (Å²) in [5.41, 5.74) is 1.13. The normalized spacial score (nSPS) is 10.4. The molecular weight excluding hydrogens is 781 g/mol. The van der Waals surface area contributed by atoms with Crippen molar-refractivity contribution in [3.05, 3.63) is 120 Å². The minimum Gasteiger partial charge on any atom is -0.392 e. The SMILES string of the molecule is CC(C)(C)C(=O)CC(=O)C(C)(C)C.Fc1c[c-]cc(F)c1.OCc1ccnc(-c2[c-]cc(F)cc2F)c1.OCc1ccncc1.[Ir]. The molecule has 4 rings (SSSR count). The van der Waals surface area contributed by atoms with Gasteiger partial charge in [-0.05, 0) is 35.0 Å². The smallest absolute Gasteiger partial charge is 0.145 e. The molecule has 0 aliphatic heterocycles. The zero-order valence-electron chi connectivity index (χ0n) is 26.5. The van der Waals surface area contributed by atoms with Gasteiger partial charge in [0, 0.05) is 72.8 Å². The van der Waals surface area contributed by atoms with Crippen LogP contribution in [0.5, 0.6) is 0 Å². The molecule has 0 fully saturated rings. The molecule has 4 aromatic rings. The van der Waals surface area contributed by atoms with Crippen molar-refractivity contribution in [1.29, 1.82) is 0 Å². The second-order valence-electron chi connectivity index (χ2n) is 11.7. The van der Waals surface area contributed by atoms with Crippen LogP contribution in [0.25, 0.3) is 11.3 Å².